The van der Waals surface area contributed by atoms with Crippen LogP contribution in [-0.2, 0) is 9.53 Å². The number of nitrogens with zero attached hydrogens (tertiary/aromatic N) is 1. The van der Waals surface area contributed by atoms with Crippen LogP contribution in [0.5, 0.6) is 0 Å². The summed E-state index contributed by atoms with van der Waals surface area (Å²) in [5.41, 5.74) is 0.713. The number of carbonyl (C=O) groups is 2. The molecule has 0 aliphatic rings. The summed E-state index contributed by atoms with van der Waals surface area (Å²) in [6, 6.07) is 12.8. The SMILES string of the molecule is COC(=O)c1ccccc1NC(=O)/C(C#N)=C\Nc1cc(Cl)cc(Cl)c1. The molecule has 2 rings (SSSR count). The number of halogens is 2. The molecule has 0 fully saturated rings. The first-order valence-corrected chi connectivity index (χ1v) is 8.01. The van der Waals surface area contributed by atoms with Crippen LogP contribution in [0.1, 0.15) is 10.4 Å². The number of para-hydroxylation sites is 1. The normalized spacial score (nSPS) is 10.6. The zero-order chi connectivity index (χ0) is 19.1. The van der Waals surface area contributed by atoms with Crippen LogP contribution in [0, 0.1) is 11.3 Å². The Morgan fingerprint density at radius 2 is 1.81 bits per heavy atom. The van der Waals surface area contributed by atoms with E-state index in [1.807, 2.05) is 0 Å². The van der Waals surface area contributed by atoms with Crippen LogP contribution in [0.25, 0.3) is 0 Å². The second-order valence-electron chi connectivity index (χ2n) is 4.96. The number of ether oxygens (including phenoxy) is 1. The number of hydrogen-bond donors (Lipinski definition) is 2. The van der Waals surface area contributed by atoms with Crippen molar-refractivity contribution in [1.82, 2.24) is 0 Å². The van der Waals surface area contributed by atoms with Gasteiger partial charge in [-0.2, -0.15) is 5.26 Å². The molecule has 26 heavy (non-hydrogen) atoms. The highest BCUT2D eigenvalue weighted by molar-refractivity contribution is 6.35. The number of anilines is 2. The smallest absolute Gasteiger partial charge is 0.339 e. The van der Waals surface area contributed by atoms with Gasteiger partial charge in [0.25, 0.3) is 5.91 Å². The van der Waals surface area contributed by atoms with Crippen molar-refractivity contribution in [1.29, 1.82) is 5.26 Å². The fourth-order valence-electron chi connectivity index (χ4n) is 2.01. The molecule has 0 heterocycles. The molecule has 0 aliphatic carbocycles. The third-order valence-corrected chi connectivity index (χ3v) is 3.63. The van der Waals surface area contributed by atoms with Gasteiger partial charge in [0, 0.05) is 21.9 Å². The van der Waals surface area contributed by atoms with Gasteiger partial charge >= 0.3 is 5.97 Å². The van der Waals surface area contributed by atoms with E-state index < -0.39 is 11.9 Å². The lowest BCUT2D eigenvalue weighted by Gasteiger charge is -2.09. The highest BCUT2D eigenvalue weighted by atomic mass is 35.5. The van der Waals surface area contributed by atoms with E-state index in [2.05, 4.69) is 15.4 Å². The highest BCUT2D eigenvalue weighted by Gasteiger charge is 2.15. The van der Waals surface area contributed by atoms with Crippen LogP contribution in [-0.4, -0.2) is 19.0 Å². The lowest BCUT2D eigenvalue weighted by atomic mass is 10.1. The topological polar surface area (TPSA) is 91.2 Å². The standard InChI is InChI=1S/C18H13Cl2N3O3/c1-26-18(25)15-4-2-3-5-16(15)23-17(24)11(9-21)10-22-14-7-12(19)6-13(20)8-14/h2-8,10,22H,1H3,(H,23,24)/b11-10-. The van der Waals surface area contributed by atoms with Gasteiger partial charge in [0.1, 0.15) is 11.6 Å². The van der Waals surface area contributed by atoms with Gasteiger partial charge in [-0.15, -0.1) is 0 Å². The van der Waals surface area contributed by atoms with Gasteiger partial charge in [0.15, 0.2) is 0 Å². The Morgan fingerprint density at radius 1 is 1.15 bits per heavy atom. The third-order valence-electron chi connectivity index (χ3n) is 3.19. The van der Waals surface area contributed by atoms with Gasteiger partial charge in [0.2, 0.25) is 0 Å². The summed E-state index contributed by atoms with van der Waals surface area (Å²) < 4.78 is 4.67. The van der Waals surface area contributed by atoms with Crippen molar-refractivity contribution >= 4 is 46.5 Å². The molecule has 0 radical (unpaired) electrons. The lowest BCUT2D eigenvalue weighted by molar-refractivity contribution is -0.112. The first kappa shape index (κ1) is 19.3. The highest BCUT2D eigenvalue weighted by Crippen LogP contribution is 2.23. The van der Waals surface area contributed by atoms with Crippen LogP contribution < -0.4 is 10.6 Å². The molecule has 0 bridgehead atoms. The number of rotatable bonds is 5. The van der Waals surface area contributed by atoms with Gasteiger partial charge in [0.05, 0.1) is 18.4 Å². The van der Waals surface area contributed by atoms with Crippen LogP contribution in [0.3, 0.4) is 0 Å². The van der Waals surface area contributed by atoms with Crippen molar-refractivity contribution in [3.05, 3.63) is 69.8 Å². The number of benzene rings is 2. The molecular formula is C18H13Cl2N3O3. The largest absolute Gasteiger partial charge is 0.465 e. The van der Waals surface area contributed by atoms with Crippen molar-refractivity contribution < 1.29 is 14.3 Å². The lowest BCUT2D eigenvalue weighted by Crippen LogP contribution is -2.17. The minimum absolute atomic E-state index is 0.176. The van der Waals surface area contributed by atoms with E-state index in [4.69, 9.17) is 23.2 Å². The van der Waals surface area contributed by atoms with E-state index >= 15 is 0 Å². The first-order chi connectivity index (χ1) is 12.4. The summed E-state index contributed by atoms with van der Waals surface area (Å²) in [5.74, 6) is -1.29. The number of hydrogen-bond acceptors (Lipinski definition) is 5. The van der Waals surface area contributed by atoms with Crippen molar-refractivity contribution in [2.45, 2.75) is 0 Å². The maximum Gasteiger partial charge on any atom is 0.339 e. The first-order valence-electron chi connectivity index (χ1n) is 7.26. The summed E-state index contributed by atoms with van der Waals surface area (Å²) in [6.45, 7) is 0. The number of carbonyl (C=O) groups excluding carboxylic acids is 2. The van der Waals surface area contributed by atoms with Gasteiger partial charge in [-0.05, 0) is 30.3 Å². The number of esters is 1. The number of methoxy groups -OCH3 is 1. The summed E-state index contributed by atoms with van der Waals surface area (Å²) >= 11 is 11.8. The number of nitrogens with one attached hydrogen (secondary N) is 2. The second kappa shape index (κ2) is 8.90. The molecule has 0 unspecified atom stereocenters. The zero-order valence-electron chi connectivity index (χ0n) is 13.5. The molecular weight excluding hydrogens is 377 g/mol. The van der Waals surface area contributed by atoms with Gasteiger partial charge in [-0.25, -0.2) is 4.79 Å². The van der Waals surface area contributed by atoms with Crippen LogP contribution in [0.4, 0.5) is 11.4 Å². The van der Waals surface area contributed by atoms with E-state index in [1.165, 1.54) is 25.4 Å². The molecule has 0 aromatic heterocycles. The minimum atomic E-state index is -0.690. The molecule has 6 nitrogen and oxygen atoms in total. The Balaban J connectivity index is 2.19. The number of nitriles is 1. The molecule has 2 aromatic rings. The average molecular weight is 390 g/mol. The van der Waals surface area contributed by atoms with Gasteiger partial charge in [-0.1, -0.05) is 35.3 Å². The predicted molar refractivity (Wildman–Crippen MR) is 100 cm³/mol. The third kappa shape index (κ3) is 4.99. The maximum absolute atomic E-state index is 12.3. The monoisotopic (exact) mass is 389 g/mol. The molecule has 0 atom stereocenters. The average Bonchev–Trinajstić information content (AvgIpc) is 2.61. The van der Waals surface area contributed by atoms with Crippen molar-refractivity contribution in [2.75, 3.05) is 17.7 Å². The maximum atomic E-state index is 12.3. The van der Waals surface area contributed by atoms with Crippen LogP contribution in [0.2, 0.25) is 10.0 Å². The molecule has 0 aliphatic heterocycles. The Kier molecular flexibility index (Phi) is 6.61. The second-order valence-corrected chi connectivity index (χ2v) is 5.84. The molecule has 132 valence electrons. The quantitative estimate of drug-likeness (QED) is 0.453. The zero-order valence-corrected chi connectivity index (χ0v) is 15.1. The Morgan fingerprint density at radius 3 is 2.42 bits per heavy atom. The molecule has 2 aromatic carbocycles. The van der Waals surface area contributed by atoms with Crippen molar-refractivity contribution in [3.8, 4) is 6.07 Å². The molecule has 1 amide bonds. The van der Waals surface area contributed by atoms with Crippen molar-refractivity contribution in [3.63, 3.8) is 0 Å². The van der Waals surface area contributed by atoms with Gasteiger partial charge in [-0.3, -0.25) is 4.79 Å². The fraction of sp³-hybridized carbons (Fsp3) is 0.0556. The number of amides is 1. The van der Waals surface area contributed by atoms with Gasteiger partial charge < -0.3 is 15.4 Å². The van der Waals surface area contributed by atoms with E-state index in [0.29, 0.717) is 15.7 Å². The Labute approximate surface area is 160 Å². The molecule has 2 N–H and O–H groups in total. The van der Waals surface area contributed by atoms with Crippen molar-refractivity contribution in [2.24, 2.45) is 0 Å². The van der Waals surface area contributed by atoms with E-state index in [1.54, 1.807) is 36.4 Å². The predicted octanol–water partition coefficient (Wildman–Crippen LogP) is 4.24. The Bertz CT molecular complexity index is 900. The van der Waals surface area contributed by atoms with E-state index in [9.17, 15) is 14.9 Å². The fourth-order valence-corrected chi connectivity index (χ4v) is 2.54. The molecule has 0 saturated carbocycles. The summed E-state index contributed by atoms with van der Waals surface area (Å²) in [5, 5.41) is 15.3. The molecule has 8 heteroatoms. The van der Waals surface area contributed by atoms with E-state index in [0.717, 1.165) is 0 Å². The van der Waals surface area contributed by atoms with Crippen LogP contribution >= 0.6 is 23.2 Å². The minimum Gasteiger partial charge on any atom is -0.465 e. The summed E-state index contributed by atoms with van der Waals surface area (Å²) in [7, 11) is 1.24. The summed E-state index contributed by atoms with van der Waals surface area (Å²) in [4.78, 5) is 24.1. The Hall–Kier alpha value is -3.01. The summed E-state index contributed by atoms with van der Waals surface area (Å²) in [6.07, 6.45) is 1.22. The van der Waals surface area contributed by atoms with Crippen LogP contribution in [0.15, 0.2) is 54.2 Å². The molecule has 0 saturated heterocycles. The van der Waals surface area contributed by atoms with E-state index in [-0.39, 0.29) is 16.8 Å². The molecule has 0 spiro atoms.